The average Bonchev–Trinajstić information content (AvgIpc) is 2.88. The molecule has 2 aliphatic rings. The molecule has 0 saturated carbocycles. The van der Waals surface area contributed by atoms with Crippen molar-refractivity contribution < 1.29 is 18.1 Å². The van der Waals surface area contributed by atoms with Crippen LogP contribution in [0.5, 0.6) is 0 Å². The zero-order valence-corrected chi connectivity index (χ0v) is 23.6. The standard InChI is InChI=1S/C30H36O4P2/c1-21-11-9-12-22(2)29(21)33-35-31-19-25-15-5-7-17-27(25)28-18-8-6-16-26(28)20-32-36-34-30-23(3)13-10-14-24(30)4/h5-8,11,13,15-18,35-36H,9-10,12,14,19-20H2,1-4H3. The largest absolute Gasteiger partial charge is 0.450 e. The maximum atomic E-state index is 6.01. The number of rotatable bonds is 11. The molecule has 2 atom stereocenters. The van der Waals surface area contributed by atoms with Crippen LogP contribution in [0.4, 0.5) is 0 Å². The molecular formula is C30H36O4P2. The van der Waals surface area contributed by atoms with Crippen LogP contribution in [0.25, 0.3) is 11.1 Å². The Labute approximate surface area is 219 Å². The zero-order chi connectivity index (χ0) is 25.3. The van der Waals surface area contributed by atoms with Crippen molar-refractivity contribution in [1.29, 1.82) is 0 Å². The van der Waals surface area contributed by atoms with Gasteiger partial charge in [-0.25, -0.2) is 0 Å². The first-order valence-electron chi connectivity index (χ1n) is 12.5. The molecule has 2 aliphatic carbocycles. The van der Waals surface area contributed by atoms with Gasteiger partial charge >= 0.3 is 0 Å². The minimum Gasteiger partial charge on any atom is -0.450 e. The smallest absolute Gasteiger partial charge is 0.215 e. The molecule has 0 saturated heterocycles. The van der Waals surface area contributed by atoms with E-state index in [2.05, 4.69) is 88.4 Å². The van der Waals surface area contributed by atoms with Crippen LogP contribution in [0, 0.1) is 0 Å². The van der Waals surface area contributed by atoms with E-state index in [0.29, 0.717) is 13.2 Å². The summed E-state index contributed by atoms with van der Waals surface area (Å²) in [7, 11) is -0.0764. The van der Waals surface area contributed by atoms with Gasteiger partial charge in [0.2, 0.25) is 18.1 Å². The van der Waals surface area contributed by atoms with Crippen molar-refractivity contribution in [3.63, 3.8) is 0 Å². The molecule has 36 heavy (non-hydrogen) atoms. The van der Waals surface area contributed by atoms with E-state index in [4.69, 9.17) is 18.1 Å². The van der Waals surface area contributed by atoms with Gasteiger partial charge in [-0.05, 0) is 97.9 Å². The van der Waals surface area contributed by atoms with Gasteiger partial charge in [0.05, 0.1) is 13.2 Å². The molecule has 190 valence electrons. The Morgan fingerprint density at radius 2 is 1.03 bits per heavy atom. The lowest BCUT2D eigenvalue weighted by molar-refractivity contribution is 0.295. The van der Waals surface area contributed by atoms with Gasteiger partial charge in [0, 0.05) is 0 Å². The van der Waals surface area contributed by atoms with Gasteiger partial charge in [0.1, 0.15) is 11.5 Å². The quantitative estimate of drug-likeness (QED) is 0.218. The highest BCUT2D eigenvalue weighted by molar-refractivity contribution is 7.26. The predicted octanol–water partition coefficient (Wildman–Crippen LogP) is 9.47. The number of hydrogen-bond donors (Lipinski definition) is 0. The second-order valence-corrected chi connectivity index (χ2v) is 10.7. The van der Waals surface area contributed by atoms with Crippen LogP contribution >= 0.6 is 18.1 Å². The molecule has 0 bridgehead atoms. The Bertz CT molecular complexity index is 1100. The number of hydrogen-bond acceptors (Lipinski definition) is 4. The predicted molar refractivity (Wildman–Crippen MR) is 152 cm³/mol. The summed E-state index contributed by atoms with van der Waals surface area (Å²) in [6.07, 6.45) is 8.75. The lowest BCUT2D eigenvalue weighted by Crippen LogP contribution is -1.99. The van der Waals surface area contributed by atoms with Gasteiger partial charge in [-0.3, -0.25) is 0 Å². The second kappa shape index (κ2) is 13.4. The van der Waals surface area contributed by atoms with Gasteiger partial charge in [-0.1, -0.05) is 60.7 Å². The lowest BCUT2D eigenvalue weighted by Gasteiger charge is -2.19. The first-order chi connectivity index (χ1) is 17.5. The Morgan fingerprint density at radius 1 is 0.611 bits per heavy atom. The maximum absolute atomic E-state index is 6.01. The molecule has 2 aromatic rings. The van der Waals surface area contributed by atoms with E-state index >= 15 is 0 Å². The Balaban J connectivity index is 1.37. The summed E-state index contributed by atoms with van der Waals surface area (Å²) >= 11 is 0. The molecule has 2 unspecified atom stereocenters. The number of allylic oxidation sites excluding steroid dienone is 6. The van der Waals surface area contributed by atoms with Crippen molar-refractivity contribution in [2.45, 2.75) is 66.6 Å². The van der Waals surface area contributed by atoms with Crippen LogP contribution < -0.4 is 0 Å². The van der Waals surface area contributed by atoms with Gasteiger partial charge < -0.3 is 18.1 Å². The fraction of sp³-hybridized carbons (Fsp3) is 0.333. The summed E-state index contributed by atoms with van der Waals surface area (Å²) in [5.41, 5.74) is 9.57. The summed E-state index contributed by atoms with van der Waals surface area (Å²) in [5.74, 6) is 1.98. The van der Waals surface area contributed by atoms with Crippen molar-refractivity contribution in [2.75, 3.05) is 0 Å². The van der Waals surface area contributed by atoms with Crippen molar-refractivity contribution in [3.05, 3.63) is 106 Å². The Morgan fingerprint density at radius 3 is 1.44 bits per heavy atom. The van der Waals surface area contributed by atoms with E-state index in [9.17, 15) is 0 Å². The molecule has 0 N–H and O–H groups in total. The molecule has 0 radical (unpaired) electrons. The first-order valence-corrected chi connectivity index (χ1v) is 14.1. The topological polar surface area (TPSA) is 36.9 Å². The van der Waals surface area contributed by atoms with E-state index in [1.807, 2.05) is 0 Å². The monoisotopic (exact) mass is 522 g/mol. The fourth-order valence-electron chi connectivity index (χ4n) is 4.61. The van der Waals surface area contributed by atoms with Crippen LogP contribution in [0.1, 0.15) is 64.5 Å². The summed E-state index contributed by atoms with van der Waals surface area (Å²) < 4.78 is 24.0. The van der Waals surface area contributed by atoms with Gasteiger partial charge in [0.25, 0.3) is 0 Å². The molecule has 0 spiro atoms. The zero-order valence-electron chi connectivity index (χ0n) is 21.6. The second-order valence-electron chi connectivity index (χ2n) is 9.33. The SMILES string of the molecule is CC1=CCCC(C)=C1OPOCc1ccccc1-c1ccccc1COPOC1=C(C)CCC=C1C. The van der Waals surface area contributed by atoms with Crippen LogP contribution in [0.2, 0.25) is 0 Å². The summed E-state index contributed by atoms with van der Waals surface area (Å²) in [6.45, 7) is 9.47. The third-order valence-corrected chi connectivity index (χ3v) is 7.72. The highest BCUT2D eigenvalue weighted by atomic mass is 31.1. The van der Waals surface area contributed by atoms with E-state index in [-0.39, 0.29) is 18.1 Å². The van der Waals surface area contributed by atoms with Crippen molar-refractivity contribution in [3.8, 4) is 11.1 Å². The molecule has 0 fully saturated rings. The molecule has 4 nitrogen and oxygen atoms in total. The Kier molecular flexibility index (Phi) is 9.96. The molecule has 0 aliphatic heterocycles. The highest BCUT2D eigenvalue weighted by Gasteiger charge is 2.14. The third-order valence-electron chi connectivity index (χ3n) is 6.62. The molecule has 2 aromatic carbocycles. The minimum atomic E-state index is -0.0382. The Hall–Kier alpha value is -2.22. The molecule has 0 heterocycles. The van der Waals surface area contributed by atoms with Crippen molar-refractivity contribution in [2.24, 2.45) is 0 Å². The summed E-state index contributed by atoms with van der Waals surface area (Å²) in [6, 6.07) is 16.8. The average molecular weight is 523 g/mol. The maximum Gasteiger partial charge on any atom is 0.215 e. The lowest BCUT2D eigenvalue weighted by atomic mass is 9.96. The number of benzene rings is 2. The van der Waals surface area contributed by atoms with Gasteiger partial charge in [-0.2, -0.15) is 0 Å². The van der Waals surface area contributed by atoms with Gasteiger partial charge in [0.15, 0.2) is 0 Å². The first kappa shape index (κ1) is 26.8. The van der Waals surface area contributed by atoms with Crippen LogP contribution in [-0.2, 0) is 31.3 Å². The minimum absolute atomic E-state index is 0.0382. The molecule has 6 heteroatoms. The highest BCUT2D eigenvalue weighted by Crippen LogP contribution is 2.36. The molecular weight excluding hydrogens is 486 g/mol. The van der Waals surface area contributed by atoms with E-state index < -0.39 is 0 Å². The van der Waals surface area contributed by atoms with Crippen LogP contribution in [0.15, 0.2) is 94.5 Å². The third kappa shape index (κ3) is 6.96. The fourth-order valence-corrected chi connectivity index (χ4v) is 5.99. The van der Waals surface area contributed by atoms with Crippen molar-refractivity contribution in [1.82, 2.24) is 0 Å². The van der Waals surface area contributed by atoms with E-state index in [0.717, 1.165) is 59.5 Å². The normalized spacial score (nSPS) is 16.8. The van der Waals surface area contributed by atoms with Crippen LogP contribution in [0.3, 0.4) is 0 Å². The van der Waals surface area contributed by atoms with E-state index in [1.54, 1.807) is 0 Å². The summed E-state index contributed by atoms with van der Waals surface area (Å²) in [5, 5.41) is 0. The summed E-state index contributed by atoms with van der Waals surface area (Å²) in [4.78, 5) is 0. The van der Waals surface area contributed by atoms with Crippen molar-refractivity contribution >= 4 is 18.1 Å². The van der Waals surface area contributed by atoms with Crippen LogP contribution in [-0.4, -0.2) is 0 Å². The van der Waals surface area contributed by atoms with Gasteiger partial charge in [-0.15, -0.1) is 0 Å². The molecule has 4 rings (SSSR count). The molecule has 0 amide bonds. The van der Waals surface area contributed by atoms with E-state index in [1.165, 1.54) is 22.3 Å². The molecule has 0 aromatic heterocycles.